The number of carbonyl (C=O) groups excluding carboxylic acids is 1. The van der Waals surface area contributed by atoms with E-state index in [0.29, 0.717) is 0 Å². The van der Waals surface area contributed by atoms with Crippen molar-refractivity contribution in [3.8, 4) is 0 Å². The number of pyridine rings is 1. The van der Waals surface area contributed by atoms with Crippen LogP contribution in [0.1, 0.15) is 17.0 Å². The Balaban J connectivity index is 1.87. The molecule has 0 atom stereocenters. The van der Waals surface area contributed by atoms with Crippen molar-refractivity contribution < 1.29 is 18.0 Å². The zero-order valence-corrected chi connectivity index (χ0v) is 11.2. The molecule has 0 aromatic carbocycles. The fraction of sp³-hybridized carbons (Fsp3) is 0.308. The predicted molar refractivity (Wildman–Crippen MR) is 68.0 cm³/mol. The smallest absolute Gasteiger partial charge is 0.350 e. The van der Waals surface area contributed by atoms with E-state index in [0.717, 1.165) is 28.2 Å². The number of rotatable bonds is 4. The number of nitrogens with zero attached hydrogens (tertiary/aromatic N) is 3. The fourth-order valence-corrected chi connectivity index (χ4v) is 1.61. The van der Waals surface area contributed by atoms with Crippen LogP contribution in [0.4, 0.5) is 13.2 Å². The lowest BCUT2D eigenvalue weighted by molar-refractivity contribution is -0.141. The first-order chi connectivity index (χ1) is 9.84. The van der Waals surface area contributed by atoms with Gasteiger partial charge in [-0.05, 0) is 24.6 Å². The molecule has 0 fully saturated rings. The van der Waals surface area contributed by atoms with Gasteiger partial charge in [0.15, 0.2) is 5.69 Å². The minimum Gasteiger partial charge on any atom is -0.350 e. The normalized spacial score (nSPS) is 11.4. The van der Waals surface area contributed by atoms with Crippen LogP contribution in [0.2, 0.25) is 0 Å². The summed E-state index contributed by atoms with van der Waals surface area (Å²) in [5, 5.41) is 5.90. The third-order valence-electron chi connectivity index (χ3n) is 2.70. The Hall–Kier alpha value is -2.38. The van der Waals surface area contributed by atoms with Gasteiger partial charge in [0.2, 0.25) is 5.91 Å². The molecule has 1 N–H and O–H groups in total. The average Bonchev–Trinajstić information content (AvgIpc) is 2.86. The molecule has 2 aromatic rings. The Morgan fingerprint density at radius 2 is 2.10 bits per heavy atom. The van der Waals surface area contributed by atoms with Gasteiger partial charge in [0.25, 0.3) is 0 Å². The summed E-state index contributed by atoms with van der Waals surface area (Å²) in [6, 6.07) is 4.46. The van der Waals surface area contributed by atoms with Gasteiger partial charge < -0.3 is 5.32 Å². The lowest BCUT2D eigenvalue weighted by Gasteiger charge is -2.06. The Labute approximate surface area is 118 Å². The maximum atomic E-state index is 12.4. The summed E-state index contributed by atoms with van der Waals surface area (Å²) in [6.45, 7) is 1.84. The summed E-state index contributed by atoms with van der Waals surface area (Å²) < 4.78 is 38.0. The van der Waals surface area contributed by atoms with E-state index in [9.17, 15) is 18.0 Å². The number of halogens is 3. The Morgan fingerprint density at radius 3 is 2.67 bits per heavy atom. The summed E-state index contributed by atoms with van der Waals surface area (Å²) in [6.07, 6.45) is -1.75. The SMILES string of the molecule is Cc1ccc(CNC(=O)Cn2ccc(C(F)(F)F)n2)cn1. The zero-order chi connectivity index (χ0) is 15.5. The third kappa shape index (κ3) is 4.30. The molecule has 21 heavy (non-hydrogen) atoms. The second kappa shape index (κ2) is 5.94. The zero-order valence-electron chi connectivity index (χ0n) is 11.2. The lowest BCUT2D eigenvalue weighted by Crippen LogP contribution is -2.27. The summed E-state index contributed by atoms with van der Waals surface area (Å²) in [4.78, 5) is 15.7. The number of alkyl halides is 3. The molecule has 0 bridgehead atoms. The second-order valence-electron chi connectivity index (χ2n) is 4.48. The van der Waals surface area contributed by atoms with Gasteiger partial charge in [-0.15, -0.1) is 0 Å². The maximum absolute atomic E-state index is 12.4. The van der Waals surface area contributed by atoms with Gasteiger partial charge in [0.05, 0.1) is 0 Å². The monoisotopic (exact) mass is 298 g/mol. The van der Waals surface area contributed by atoms with Crippen molar-refractivity contribution in [1.82, 2.24) is 20.1 Å². The van der Waals surface area contributed by atoms with Gasteiger partial charge >= 0.3 is 6.18 Å². The highest BCUT2D eigenvalue weighted by atomic mass is 19.4. The number of hydrogen-bond donors (Lipinski definition) is 1. The molecule has 0 saturated carbocycles. The largest absolute Gasteiger partial charge is 0.435 e. The minimum atomic E-state index is -4.50. The molecule has 0 spiro atoms. The van der Waals surface area contributed by atoms with Crippen LogP contribution in [-0.4, -0.2) is 20.7 Å². The van der Waals surface area contributed by atoms with E-state index in [4.69, 9.17) is 0 Å². The van der Waals surface area contributed by atoms with Gasteiger partial charge in [0.1, 0.15) is 6.54 Å². The van der Waals surface area contributed by atoms with Crippen molar-refractivity contribution in [2.75, 3.05) is 0 Å². The van der Waals surface area contributed by atoms with Crippen LogP contribution in [-0.2, 0) is 24.1 Å². The van der Waals surface area contributed by atoms with E-state index < -0.39 is 17.8 Å². The highest BCUT2D eigenvalue weighted by Crippen LogP contribution is 2.27. The predicted octanol–water partition coefficient (Wildman–Crippen LogP) is 1.92. The summed E-state index contributed by atoms with van der Waals surface area (Å²) >= 11 is 0. The van der Waals surface area contributed by atoms with Crippen molar-refractivity contribution in [2.45, 2.75) is 26.2 Å². The van der Waals surface area contributed by atoms with Gasteiger partial charge in [0, 0.05) is 24.6 Å². The Bertz CT molecular complexity index is 619. The van der Waals surface area contributed by atoms with Gasteiger partial charge in [-0.1, -0.05) is 6.07 Å². The van der Waals surface area contributed by atoms with Crippen LogP contribution in [0, 0.1) is 6.92 Å². The topological polar surface area (TPSA) is 59.8 Å². The third-order valence-corrected chi connectivity index (χ3v) is 2.70. The first kappa shape index (κ1) is 15.0. The van der Waals surface area contributed by atoms with Crippen molar-refractivity contribution in [3.05, 3.63) is 47.5 Å². The first-order valence-electron chi connectivity index (χ1n) is 6.13. The van der Waals surface area contributed by atoms with Crippen LogP contribution < -0.4 is 5.32 Å². The molecule has 0 aliphatic carbocycles. The van der Waals surface area contributed by atoms with Crippen LogP contribution >= 0.6 is 0 Å². The van der Waals surface area contributed by atoms with E-state index in [1.54, 1.807) is 6.20 Å². The van der Waals surface area contributed by atoms with E-state index in [1.165, 1.54) is 0 Å². The Kier molecular flexibility index (Phi) is 4.25. The van der Waals surface area contributed by atoms with Crippen LogP contribution in [0.15, 0.2) is 30.6 Å². The molecule has 1 amide bonds. The molecule has 5 nitrogen and oxygen atoms in total. The number of aryl methyl sites for hydroxylation is 1. The highest BCUT2D eigenvalue weighted by Gasteiger charge is 2.33. The fourth-order valence-electron chi connectivity index (χ4n) is 1.61. The minimum absolute atomic E-state index is 0.263. The lowest BCUT2D eigenvalue weighted by atomic mass is 10.2. The van der Waals surface area contributed by atoms with Crippen molar-refractivity contribution in [2.24, 2.45) is 0 Å². The molecule has 8 heteroatoms. The molecule has 2 aromatic heterocycles. The first-order valence-corrected chi connectivity index (χ1v) is 6.13. The summed E-state index contributed by atoms with van der Waals surface area (Å²) in [5.74, 6) is -0.424. The van der Waals surface area contributed by atoms with Crippen molar-refractivity contribution >= 4 is 5.91 Å². The molecule has 0 saturated heterocycles. The number of aromatic nitrogens is 3. The van der Waals surface area contributed by atoms with E-state index in [-0.39, 0.29) is 13.1 Å². The molecule has 112 valence electrons. The molecular formula is C13H13F3N4O. The van der Waals surface area contributed by atoms with Crippen molar-refractivity contribution in [1.29, 1.82) is 0 Å². The van der Waals surface area contributed by atoms with Gasteiger partial charge in [-0.25, -0.2) is 0 Å². The summed E-state index contributed by atoms with van der Waals surface area (Å²) in [5.41, 5.74) is 0.657. The molecule has 0 unspecified atom stereocenters. The van der Waals surface area contributed by atoms with E-state index in [2.05, 4.69) is 15.4 Å². The average molecular weight is 298 g/mol. The van der Waals surface area contributed by atoms with E-state index >= 15 is 0 Å². The molecule has 0 radical (unpaired) electrons. The number of nitrogens with one attached hydrogen (secondary N) is 1. The number of hydrogen-bond acceptors (Lipinski definition) is 3. The Morgan fingerprint density at radius 1 is 1.33 bits per heavy atom. The standard InChI is InChI=1S/C13H13F3N4O/c1-9-2-3-10(6-17-9)7-18-12(21)8-20-5-4-11(19-20)13(14,15)16/h2-6H,7-8H2,1H3,(H,18,21). The maximum Gasteiger partial charge on any atom is 0.435 e. The second-order valence-corrected chi connectivity index (χ2v) is 4.48. The molecular weight excluding hydrogens is 285 g/mol. The number of carbonyl (C=O) groups is 1. The highest BCUT2D eigenvalue weighted by molar-refractivity contribution is 5.75. The van der Waals surface area contributed by atoms with E-state index in [1.807, 2.05) is 19.1 Å². The number of amides is 1. The van der Waals surface area contributed by atoms with Crippen LogP contribution in [0.5, 0.6) is 0 Å². The van der Waals surface area contributed by atoms with Gasteiger partial charge in [-0.3, -0.25) is 14.5 Å². The molecule has 2 heterocycles. The molecule has 2 rings (SSSR count). The summed E-state index contributed by atoms with van der Waals surface area (Å²) in [7, 11) is 0. The van der Waals surface area contributed by atoms with Gasteiger partial charge in [-0.2, -0.15) is 18.3 Å². The molecule has 0 aliphatic heterocycles. The molecule has 0 aliphatic rings. The van der Waals surface area contributed by atoms with Crippen molar-refractivity contribution in [3.63, 3.8) is 0 Å². The quantitative estimate of drug-likeness (QED) is 0.938. The van der Waals surface area contributed by atoms with Crippen LogP contribution in [0.3, 0.4) is 0 Å². The van der Waals surface area contributed by atoms with Crippen LogP contribution in [0.25, 0.3) is 0 Å².